The number of benzene rings is 2. The number of carbonyl (C=O) groups is 1. The molecule has 2 aromatic rings. The number of hydrogen-bond acceptors (Lipinski definition) is 3. The zero-order valence-corrected chi connectivity index (χ0v) is 17.8. The zero-order valence-electron chi connectivity index (χ0n) is 17.8. The van der Waals surface area contributed by atoms with E-state index in [1.165, 1.54) is 36.1 Å². The van der Waals surface area contributed by atoms with Gasteiger partial charge in [-0.2, -0.15) is 0 Å². The lowest BCUT2D eigenvalue weighted by molar-refractivity contribution is -0.123. The normalized spacial score (nSPS) is 19.3. The van der Waals surface area contributed by atoms with Crippen LogP contribution in [0.2, 0.25) is 0 Å². The van der Waals surface area contributed by atoms with E-state index in [0.717, 1.165) is 44.7 Å². The summed E-state index contributed by atoms with van der Waals surface area (Å²) in [6.07, 6.45) is 3.43. The lowest BCUT2D eigenvalue weighted by Gasteiger charge is -2.24. The van der Waals surface area contributed by atoms with Crippen LogP contribution in [-0.4, -0.2) is 48.4 Å². The van der Waals surface area contributed by atoms with E-state index < -0.39 is 0 Å². The van der Waals surface area contributed by atoms with Crippen molar-refractivity contribution < 1.29 is 9.18 Å². The number of amides is 1. The standard InChI is InChI=1S/C25H32FN3O/c1-19-3-7-21(8-4-19)25(22-9-10-22)27-24(30)18-29-14-2-13-28(15-16-29)17-20-5-11-23(26)12-6-20/h3-8,11-12,22,25H,2,9-10,13-18H2,1H3,(H,27,30). The van der Waals surface area contributed by atoms with Crippen LogP contribution in [0.15, 0.2) is 48.5 Å². The smallest absolute Gasteiger partial charge is 0.234 e. The first-order valence-electron chi connectivity index (χ1n) is 11.1. The largest absolute Gasteiger partial charge is 0.348 e. The Labute approximate surface area is 179 Å². The fourth-order valence-corrected chi connectivity index (χ4v) is 4.29. The van der Waals surface area contributed by atoms with Crippen molar-refractivity contribution in [2.24, 2.45) is 5.92 Å². The van der Waals surface area contributed by atoms with E-state index in [-0.39, 0.29) is 17.8 Å². The summed E-state index contributed by atoms with van der Waals surface area (Å²) in [5.41, 5.74) is 3.60. The Hall–Kier alpha value is -2.24. The molecule has 5 heteroatoms. The summed E-state index contributed by atoms with van der Waals surface area (Å²) >= 11 is 0. The van der Waals surface area contributed by atoms with Crippen LogP contribution in [0.3, 0.4) is 0 Å². The van der Waals surface area contributed by atoms with Gasteiger partial charge in [0.25, 0.3) is 0 Å². The lowest BCUT2D eigenvalue weighted by atomic mass is 10.0. The van der Waals surface area contributed by atoms with Crippen molar-refractivity contribution in [3.63, 3.8) is 0 Å². The Kier molecular flexibility index (Phi) is 6.80. The molecule has 1 saturated heterocycles. The maximum atomic E-state index is 13.1. The molecule has 1 aliphatic heterocycles. The minimum absolute atomic E-state index is 0.124. The van der Waals surface area contributed by atoms with E-state index in [2.05, 4.69) is 46.3 Å². The number of aryl methyl sites for hydroxylation is 1. The number of carbonyl (C=O) groups excluding carboxylic acids is 1. The van der Waals surface area contributed by atoms with Crippen LogP contribution in [0.4, 0.5) is 4.39 Å². The summed E-state index contributed by atoms with van der Waals surface area (Å²) in [6.45, 7) is 7.13. The topological polar surface area (TPSA) is 35.6 Å². The van der Waals surface area contributed by atoms with E-state index >= 15 is 0 Å². The van der Waals surface area contributed by atoms with E-state index in [0.29, 0.717) is 12.5 Å². The molecule has 0 aromatic heterocycles. The van der Waals surface area contributed by atoms with Crippen molar-refractivity contribution in [3.05, 3.63) is 71.0 Å². The number of hydrogen-bond donors (Lipinski definition) is 1. The maximum Gasteiger partial charge on any atom is 0.234 e. The van der Waals surface area contributed by atoms with Gasteiger partial charge >= 0.3 is 0 Å². The van der Waals surface area contributed by atoms with Crippen molar-refractivity contribution in [2.45, 2.75) is 38.8 Å². The van der Waals surface area contributed by atoms with Crippen molar-refractivity contribution in [2.75, 3.05) is 32.7 Å². The molecule has 0 bridgehead atoms. The predicted molar refractivity (Wildman–Crippen MR) is 118 cm³/mol. The van der Waals surface area contributed by atoms with Gasteiger partial charge in [0.15, 0.2) is 0 Å². The monoisotopic (exact) mass is 409 g/mol. The molecule has 2 aromatic carbocycles. The highest BCUT2D eigenvalue weighted by atomic mass is 19.1. The third kappa shape index (κ3) is 5.89. The van der Waals surface area contributed by atoms with Crippen LogP contribution in [0.1, 0.15) is 42.0 Å². The maximum absolute atomic E-state index is 13.1. The summed E-state index contributed by atoms with van der Waals surface area (Å²) in [4.78, 5) is 17.5. The summed E-state index contributed by atoms with van der Waals surface area (Å²) in [6, 6.07) is 15.4. The van der Waals surface area contributed by atoms with E-state index in [9.17, 15) is 9.18 Å². The van der Waals surface area contributed by atoms with Gasteiger partial charge in [-0.15, -0.1) is 0 Å². The van der Waals surface area contributed by atoms with E-state index in [1.54, 1.807) is 0 Å². The van der Waals surface area contributed by atoms with E-state index in [4.69, 9.17) is 0 Å². The third-order valence-electron chi connectivity index (χ3n) is 6.21. The van der Waals surface area contributed by atoms with Crippen LogP contribution >= 0.6 is 0 Å². The summed E-state index contributed by atoms with van der Waals surface area (Å²) in [7, 11) is 0. The highest BCUT2D eigenvalue weighted by Crippen LogP contribution is 2.41. The molecule has 4 nitrogen and oxygen atoms in total. The molecule has 2 aliphatic rings. The summed E-state index contributed by atoms with van der Waals surface area (Å²) in [5, 5.41) is 3.31. The molecule has 1 amide bonds. The highest BCUT2D eigenvalue weighted by Gasteiger charge is 2.33. The molecule has 0 spiro atoms. The molecular formula is C25H32FN3O. The molecular weight excluding hydrogens is 377 g/mol. The third-order valence-corrected chi connectivity index (χ3v) is 6.21. The van der Waals surface area contributed by atoms with Gasteiger partial charge in [-0.05, 0) is 68.5 Å². The van der Waals surface area contributed by atoms with E-state index in [1.807, 2.05) is 12.1 Å². The van der Waals surface area contributed by atoms with Crippen molar-refractivity contribution >= 4 is 5.91 Å². The highest BCUT2D eigenvalue weighted by molar-refractivity contribution is 5.78. The number of halogens is 1. The second-order valence-electron chi connectivity index (χ2n) is 8.83. The Bertz CT molecular complexity index is 832. The van der Waals surface area contributed by atoms with Crippen molar-refractivity contribution in [1.82, 2.24) is 15.1 Å². The minimum Gasteiger partial charge on any atom is -0.348 e. The molecule has 30 heavy (non-hydrogen) atoms. The molecule has 160 valence electrons. The van der Waals surface area contributed by atoms with Gasteiger partial charge in [-0.25, -0.2) is 4.39 Å². The van der Waals surface area contributed by atoms with Crippen LogP contribution in [0, 0.1) is 18.7 Å². The van der Waals surface area contributed by atoms with Gasteiger partial charge in [0.1, 0.15) is 5.82 Å². The van der Waals surface area contributed by atoms with Gasteiger partial charge in [-0.3, -0.25) is 14.6 Å². The Balaban J connectivity index is 1.28. The lowest BCUT2D eigenvalue weighted by Crippen LogP contribution is -2.41. The van der Waals surface area contributed by atoms with Gasteiger partial charge in [0.2, 0.25) is 5.91 Å². The Morgan fingerprint density at radius 3 is 2.37 bits per heavy atom. The van der Waals surface area contributed by atoms with Crippen LogP contribution < -0.4 is 5.32 Å². The molecule has 1 N–H and O–H groups in total. The quantitative estimate of drug-likeness (QED) is 0.753. The second-order valence-corrected chi connectivity index (χ2v) is 8.83. The fraction of sp³-hybridized carbons (Fsp3) is 0.480. The molecule has 1 saturated carbocycles. The number of rotatable bonds is 7. The Morgan fingerprint density at radius 1 is 1.00 bits per heavy atom. The SMILES string of the molecule is Cc1ccc(C(NC(=O)CN2CCCN(Cc3ccc(F)cc3)CC2)C2CC2)cc1. The molecule has 4 rings (SSSR count). The van der Waals surface area contributed by atoms with Gasteiger partial charge in [0.05, 0.1) is 12.6 Å². The summed E-state index contributed by atoms with van der Waals surface area (Å²) in [5.74, 6) is 0.508. The zero-order chi connectivity index (χ0) is 20.9. The van der Waals surface area contributed by atoms with Crippen LogP contribution in [0.5, 0.6) is 0 Å². The molecule has 2 fully saturated rings. The number of nitrogens with zero attached hydrogens (tertiary/aromatic N) is 2. The van der Waals surface area contributed by atoms with Gasteiger partial charge in [-0.1, -0.05) is 42.0 Å². The average molecular weight is 410 g/mol. The minimum atomic E-state index is -0.193. The summed E-state index contributed by atoms with van der Waals surface area (Å²) < 4.78 is 13.1. The Morgan fingerprint density at radius 2 is 1.67 bits per heavy atom. The first kappa shape index (κ1) is 21.0. The van der Waals surface area contributed by atoms with Gasteiger partial charge < -0.3 is 5.32 Å². The first-order chi connectivity index (χ1) is 14.6. The van der Waals surface area contributed by atoms with Gasteiger partial charge in [0, 0.05) is 19.6 Å². The van der Waals surface area contributed by atoms with Crippen LogP contribution in [-0.2, 0) is 11.3 Å². The second kappa shape index (κ2) is 9.71. The first-order valence-corrected chi connectivity index (χ1v) is 11.1. The predicted octanol–water partition coefficient (Wildman–Crippen LogP) is 3.91. The van der Waals surface area contributed by atoms with Crippen molar-refractivity contribution in [3.8, 4) is 0 Å². The molecule has 0 radical (unpaired) electrons. The fourth-order valence-electron chi connectivity index (χ4n) is 4.29. The van der Waals surface area contributed by atoms with Crippen LogP contribution in [0.25, 0.3) is 0 Å². The average Bonchev–Trinajstić information content (AvgIpc) is 3.58. The number of nitrogens with one attached hydrogen (secondary N) is 1. The molecule has 1 aliphatic carbocycles. The molecule has 1 unspecified atom stereocenters. The van der Waals surface area contributed by atoms with Crippen molar-refractivity contribution in [1.29, 1.82) is 0 Å². The molecule has 1 heterocycles. The molecule has 1 atom stereocenters.